The van der Waals surface area contributed by atoms with Gasteiger partial charge in [-0.05, 0) is 37.5 Å². The minimum absolute atomic E-state index is 0.0770. The van der Waals surface area contributed by atoms with Crippen LogP contribution in [0.1, 0.15) is 51.9 Å². The summed E-state index contributed by atoms with van der Waals surface area (Å²) >= 11 is 0. The van der Waals surface area contributed by atoms with Gasteiger partial charge in [0, 0.05) is 19.5 Å². The van der Waals surface area contributed by atoms with Crippen LogP contribution in [0.3, 0.4) is 0 Å². The molecule has 3 aliphatic rings. The minimum Gasteiger partial charge on any atom is -0.369 e. The molecule has 2 unspecified atom stereocenters. The van der Waals surface area contributed by atoms with Gasteiger partial charge in [-0.15, -0.1) is 0 Å². The average molecular weight is 321 g/mol. The van der Waals surface area contributed by atoms with Crippen LogP contribution in [0.15, 0.2) is 0 Å². The second-order valence-electron chi connectivity index (χ2n) is 7.66. The van der Waals surface area contributed by atoms with Crippen LogP contribution in [0.25, 0.3) is 0 Å². The first kappa shape index (κ1) is 16.3. The third-order valence-electron chi connectivity index (χ3n) is 5.88. The second-order valence-corrected chi connectivity index (χ2v) is 7.66. The van der Waals surface area contributed by atoms with E-state index in [0.717, 1.165) is 12.8 Å². The number of carbonyl (C=O) groups excluding carboxylic acids is 3. The highest BCUT2D eigenvalue weighted by Gasteiger charge is 2.56. The lowest BCUT2D eigenvalue weighted by atomic mass is 10.0. The Morgan fingerprint density at radius 1 is 1.17 bits per heavy atom. The topological polar surface area (TPSA) is 92.5 Å². The summed E-state index contributed by atoms with van der Waals surface area (Å²) in [6.45, 7) is 3.27. The predicted octanol–water partition coefficient (Wildman–Crippen LogP) is 0.795. The van der Waals surface area contributed by atoms with Crippen molar-refractivity contribution in [2.45, 2.75) is 57.9 Å². The highest BCUT2D eigenvalue weighted by molar-refractivity contribution is 6.07. The van der Waals surface area contributed by atoms with E-state index in [2.05, 4.69) is 5.32 Å². The van der Waals surface area contributed by atoms with Crippen LogP contribution in [-0.4, -0.2) is 41.8 Å². The SMILES string of the molecule is CC1CN(C(=O)CC2CCCC2)CC1NC(=O)C1(C(N)=O)CC1. The van der Waals surface area contributed by atoms with Crippen LogP contribution in [0.5, 0.6) is 0 Å². The number of primary amides is 1. The molecule has 3 amide bonds. The Labute approximate surface area is 137 Å². The molecule has 23 heavy (non-hydrogen) atoms. The lowest BCUT2D eigenvalue weighted by Gasteiger charge is -2.20. The van der Waals surface area contributed by atoms with Gasteiger partial charge in [0.05, 0.1) is 6.04 Å². The molecule has 0 radical (unpaired) electrons. The van der Waals surface area contributed by atoms with Crippen molar-refractivity contribution in [3.63, 3.8) is 0 Å². The van der Waals surface area contributed by atoms with Gasteiger partial charge in [-0.3, -0.25) is 14.4 Å². The van der Waals surface area contributed by atoms with Crippen molar-refractivity contribution in [1.29, 1.82) is 0 Å². The van der Waals surface area contributed by atoms with Gasteiger partial charge in [-0.2, -0.15) is 0 Å². The number of rotatable bonds is 5. The smallest absolute Gasteiger partial charge is 0.235 e. The lowest BCUT2D eigenvalue weighted by molar-refractivity contribution is -0.136. The molecule has 1 aliphatic heterocycles. The molecule has 0 aromatic rings. The maximum atomic E-state index is 12.4. The van der Waals surface area contributed by atoms with Gasteiger partial charge < -0.3 is 16.0 Å². The summed E-state index contributed by atoms with van der Waals surface area (Å²) in [4.78, 5) is 38.1. The summed E-state index contributed by atoms with van der Waals surface area (Å²) < 4.78 is 0. The van der Waals surface area contributed by atoms with E-state index in [0.29, 0.717) is 38.3 Å². The number of nitrogens with zero attached hydrogens (tertiary/aromatic N) is 1. The number of hydrogen-bond acceptors (Lipinski definition) is 3. The number of amides is 3. The monoisotopic (exact) mass is 321 g/mol. The van der Waals surface area contributed by atoms with Gasteiger partial charge in [-0.1, -0.05) is 19.8 Å². The van der Waals surface area contributed by atoms with E-state index in [1.807, 2.05) is 11.8 Å². The maximum Gasteiger partial charge on any atom is 0.235 e. The van der Waals surface area contributed by atoms with Crippen molar-refractivity contribution in [1.82, 2.24) is 10.2 Å². The fraction of sp³-hybridized carbons (Fsp3) is 0.824. The first-order chi connectivity index (χ1) is 10.9. The molecule has 1 saturated heterocycles. The van der Waals surface area contributed by atoms with E-state index in [-0.39, 0.29) is 23.8 Å². The van der Waals surface area contributed by atoms with Crippen molar-refractivity contribution in [3.05, 3.63) is 0 Å². The van der Waals surface area contributed by atoms with E-state index >= 15 is 0 Å². The van der Waals surface area contributed by atoms with Crippen LogP contribution in [0.2, 0.25) is 0 Å². The number of hydrogen-bond donors (Lipinski definition) is 2. The summed E-state index contributed by atoms with van der Waals surface area (Å²) in [5.74, 6) is 0.157. The molecule has 3 N–H and O–H groups in total. The van der Waals surface area contributed by atoms with Crippen molar-refractivity contribution >= 4 is 17.7 Å². The second kappa shape index (κ2) is 6.13. The van der Waals surface area contributed by atoms with Gasteiger partial charge in [0.1, 0.15) is 5.41 Å². The third-order valence-corrected chi connectivity index (χ3v) is 5.88. The summed E-state index contributed by atoms with van der Waals surface area (Å²) in [6, 6.07) is -0.0770. The number of carbonyl (C=O) groups is 3. The van der Waals surface area contributed by atoms with Crippen LogP contribution < -0.4 is 11.1 Å². The Morgan fingerprint density at radius 3 is 2.39 bits per heavy atom. The van der Waals surface area contributed by atoms with Crippen molar-refractivity contribution < 1.29 is 14.4 Å². The number of nitrogens with one attached hydrogen (secondary N) is 1. The number of nitrogens with two attached hydrogens (primary N) is 1. The van der Waals surface area contributed by atoms with E-state index in [9.17, 15) is 14.4 Å². The average Bonchev–Trinajstić information content (AvgIpc) is 3.03. The highest BCUT2D eigenvalue weighted by Crippen LogP contribution is 2.45. The standard InChI is InChI=1S/C17H27N3O3/c1-11-9-20(14(21)8-12-4-2-3-5-12)10-13(11)19-16(23)17(6-7-17)15(18)22/h11-13H,2-10H2,1H3,(H2,18,22)(H,19,23). The van der Waals surface area contributed by atoms with Crippen LogP contribution in [-0.2, 0) is 14.4 Å². The third kappa shape index (κ3) is 3.21. The van der Waals surface area contributed by atoms with Crippen molar-refractivity contribution in [2.24, 2.45) is 23.0 Å². The van der Waals surface area contributed by atoms with Gasteiger partial charge >= 0.3 is 0 Å². The Balaban J connectivity index is 1.53. The Hall–Kier alpha value is -1.59. The zero-order valence-corrected chi connectivity index (χ0v) is 13.8. The normalized spacial score (nSPS) is 29.5. The molecule has 2 atom stereocenters. The molecule has 6 heteroatoms. The number of likely N-dealkylation sites (tertiary alicyclic amines) is 1. The first-order valence-electron chi connectivity index (χ1n) is 8.81. The summed E-state index contributed by atoms with van der Waals surface area (Å²) in [5, 5.41) is 2.96. The predicted molar refractivity (Wildman–Crippen MR) is 85.1 cm³/mol. The van der Waals surface area contributed by atoms with Crippen LogP contribution in [0.4, 0.5) is 0 Å². The quantitative estimate of drug-likeness (QED) is 0.733. The maximum absolute atomic E-state index is 12.4. The molecule has 0 aromatic carbocycles. The first-order valence-corrected chi connectivity index (χ1v) is 8.81. The lowest BCUT2D eigenvalue weighted by Crippen LogP contribution is -2.47. The molecule has 3 fully saturated rings. The van der Waals surface area contributed by atoms with Crippen molar-refractivity contribution in [3.8, 4) is 0 Å². The molecule has 2 aliphatic carbocycles. The molecule has 3 rings (SSSR count). The van der Waals surface area contributed by atoms with Gasteiger partial charge in [-0.25, -0.2) is 0 Å². The Bertz CT molecular complexity index is 509. The Morgan fingerprint density at radius 2 is 1.83 bits per heavy atom. The van der Waals surface area contributed by atoms with Crippen LogP contribution in [0, 0.1) is 17.3 Å². The van der Waals surface area contributed by atoms with Crippen LogP contribution >= 0.6 is 0 Å². The molecule has 0 aromatic heterocycles. The van der Waals surface area contributed by atoms with Gasteiger partial charge in [0.25, 0.3) is 0 Å². The summed E-state index contributed by atoms with van der Waals surface area (Å²) in [7, 11) is 0. The summed E-state index contributed by atoms with van der Waals surface area (Å²) in [6.07, 6.45) is 6.52. The van der Waals surface area contributed by atoms with Crippen molar-refractivity contribution in [2.75, 3.05) is 13.1 Å². The zero-order valence-electron chi connectivity index (χ0n) is 13.8. The molecule has 6 nitrogen and oxygen atoms in total. The molecule has 1 heterocycles. The fourth-order valence-electron chi connectivity index (χ4n) is 3.97. The molecule has 0 spiro atoms. The Kier molecular flexibility index (Phi) is 4.34. The molecule has 2 saturated carbocycles. The van der Waals surface area contributed by atoms with E-state index in [4.69, 9.17) is 5.73 Å². The van der Waals surface area contributed by atoms with E-state index < -0.39 is 11.3 Å². The molecular formula is C17H27N3O3. The minimum atomic E-state index is -0.985. The zero-order chi connectivity index (χ0) is 16.6. The van der Waals surface area contributed by atoms with E-state index in [1.165, 1.54) is 12.8 Å². The highest BCUT2D eigenvalue weighted by atomic mass is 16.2. The molecule has 128 valence electrons. The largest absolute Gasteiger partial charge is 0.369 e. The molecular weight excluding hydrogens is 294 g/mol. The fourth-order valence-corrected chi connectivity index (χ4v) is 3.97. The van der Waals surface area contributed by atoms with E-state index in [1.54, 1.807) is 0 Å². The van der Waals surface area contributed by atoms with Gasteiger partial charge in [0.15, 0.2) is 0 Å². The van der Waals surface area contributed by atoms with Gasteiger partial charge in [0.2, 0.25) is 17.7 Å². The summed E-state index contributed by atoms with van der Waals surface area (Å²) in [5.41, 5.74) is 4.36. The molecule has 0 bridgehead atoms.